The van der Waals surface area contributed by atoms with Crippen molar-refractivity contribution in [3.8, 4) is 11.5 Å². The average Bonchev–Trinajstić information content (AvgIpc) is 2.43. The molecular weight excluding hydrogens is 338 g/mol. The van der Waals surface area contributed by atoms with E-state index in [1.54, 1.807) is 18.2 Å². The molecule has 0 spiro atoms. The molecule has 5 nitrogen and oxygen atoms in total. The van der Waals surface area contributed by atoms with E-state index in [-0.39, 0.29) is 22.8 Å². The Bertz CT molecular complexity index is 728. The Labute approximate surface area is 129 Å². The molecule has 0 aliphatic heterocycles. The first-order chi connectivity index (χ1) is 9.88. The van der Waals surface area contributed by atoms with Gasteiger partial charge in [0.2, 0.25) is 5.75 Å². The van der Waals surface area contributed by atoms with Gasteiger partial charge in [0.05, 0.1) is 4.92 Å². The summed E-state index contributed by atoms with van der Waals surface area (Å²) in [4.78, 5) is 21.9. The number of halogens is 1. The standard InChI is InChI=1S/C15H12BrNO4/c1-9-7-12(4-5-13(9)16)21-15-6-3-11(10(2)18)8-14(15)17(19)20/h3-8H,1-2H3. The first-order valence-electron chi connectivity index (χ1n) is 6.12. The van der Waals surface area contributed by atoms with Crippen molar-refractivity contribution in [3.05, 3.63) is 62.1 Å². The summed E-state index contributed by atoms with van der Waals surface area (Å²) in [5.74, 6) is 0.366. The van der Waals surface area contributed by atoms with Gasteiger partial charge in [0.15, 0.2) is 5.78 Å². The van der Waals surface area contributed by atoms with Crippen molar-refractivity contribution in [2.24, 2.45) is 0 Å². The van der Waals surface area contributed by atoms with Gasteiger partial charge in [-0.1, -0.05) is 15.9 Å². The minimum absolute atomic E-state index is 0.103. The Morgan fingerprint density at radius 2 is 1.95 bits per heavy atom. The minimum Gasteiger partial charge on any atom is -0.450 e. The largest absolute Gasteiger partial charge is 0.450 e. The van der Waals surface area contributed by atoms with E-state index in [2.05, 4.69) is 15.9 Å². The number of ketones is 1. The smallest absolute Gasteiger partial charge is 0.312 e. The van der Waals surface area contributed by atoms with Crippen molar-refractivity contribution in [1.82, 2.24) is 0 Å². The lowest BCUT2D eigenvalue weighted by Crippen LogP contribution is -1.98. The Kier molecular flexibility index (Phi) is 4.37. The maximum absolute atomic E-state index is 11.3. The van der Waals surface area contributed by atoms with E-state index in [0.29, 0.717) is 5.75 Å². The van der Waals surface area contributed by atoms with E-state index in [1.165, 1.54) is 25.1 Å². The van der Waals surface area contributed by atoms with Gasteiger partial charge in [-0.3, -0.25) is 14.9 Å². The fraction of sp³-hybridized carbons (Fsp3) is 0.133. The molecule has 0 amide bonds. The van der Waals surface area contributed by atoms with E-state index < -0.39 is 4.92 Å². The second kappa shape index (κ2) is 6.05. The molecule has 2 rings (SSSR count). The van der Waals surface area contributed by atoms with Gasteiger partial charge < -0.3 is 4.74 Å². The fourth-order valence-electron chi connectivity index (χ4n) is 1.77. The molecule has 0 N–H and O–H groups in total. The highest BCUT2D eigenvalue weighted by atomic mass is 79.9. The third kappa shape index (κ3) is 3.46. The number of nitro benzene ring substituents is 1. The molecule has 2 aromatic carbocycles. The summed E-state index contributed by atoms with van der Waals surface area (Å²) in [6, 6.07) is 9.46. The number of hydrogen-bond donors (Lipinski definition) is 0. The van der Waals surface area contributed by atoms with Crippen LogP contribution in [0.4, 0.5) is 5.69 Å². The molecular formula is C15H12BrNO4. The van der Waals surface area contributed by atoms with Crippen LogP contribution in [0.2, 0.25) is 0 Å². The highest BCUT2D eigenvalue weighted by molar-refractivity contribution is 9.10. The number of carbonyl (C=O) groups excluding carboxylic acids is 1. The third-order valence-corrected chi connectivity index (χ3v) is 3.81. The van der Waals surface area contributed by atoms with Gasteiger partial charge in [-0.15, -0.1) is 0 Å². The summed E-state index contributed by atoms with van der Waals surface area (Å²) >= 11 is 3.38. The molecule has 0 atom stereocenters. The predicted octanol–water partition coefficient (Wildman–Crippen LogP) is 4.66. The molecule has 0 fully saturated rings. The monoisotopic (exact) mass is 349 g/mol. The van der Waals surface area contributed by atoms with Gasteiger partial charge in [0, 0.05) is 16.1 Å². The number of nitrogens with zero attached hydrogens (tertiary/aromatic N) is 1. The zero-order valence-electron chi connectivity index (χ0n) is 11.4. The molecule has 0 aromatic heterocycles. The SMILES string of the molecule is CC(=O)c1ccc(Oc2ccc(Br)c(C)c2)c([N+](=O)[O-])c1. The van der Waals surface area contributed by atoms with Crippen molar-refractivity contribution < 1.29 is 14.5 Å². The molecule has 0 aliphatic carbocycles. The minimum atomic E-state index is -0.562. The number of Topliss-reactive ketones (excluding diaryl/α,β-unsaturated/α-hetero) is 1. The van der Waals surface area contributed by atoms with Crippen LogP contribution < -0.4 is 4.74 Å². The number of nitro groups is 1. The number of aryl methyl sites for hydroxylation is 1. The maximum Gasteiger partial charge on any atom is 0.312 e. The predicted molar refractivity (Wildman–Crippen MR) is 82.1 cm³/mol. The Morgan fingerprint density at radius 3 is 2.52 bits per heavy atom. The Hall–Kier alpha value is -2.21. The highest BCUT2D eigenvalue weighted by Crippen LogP contribution is 2.33. The Morgan fingerprint density at radius 1 is 1.24 bits per heavy atom. The lowest BCUT2D eigenvalue weighted by molar-refractivity contribution is -0.385. The van der Waals surface area contributed by atoms with Crippen LogP contribution in [-0.4, -0.2) is 10.7 Å². The lowest BCUT2D eigenvalue weighted by Gasteiger charge is -2.08. The van der Waals surface area contributed by atoms with Crippen LogP contribution >= 0.6 is 15.9 Å². The van der Waals surface area contributed by atoms with Gasteiger partial charge in [-0.05, 0) is 49.7 Å². The van der Waals surface area contributed by atoms with Gasteiger partial charge in [0.1, 0.15) is 5.75 Å². The van der Waals surface area contributed by atoms with Crippen molar-refractivity contribution in [1.29, 1.82) is 0 Å². The number of carbonyl (C=O) groups is 1. The van der Waals surface area contributed by atoms with E-state index >= 15 is 0 Å². The van der Waals surface area contributed by atoms with Crippen molar-refractivity contribution in [2.75, 3.05) is 0 Å². The normalized spacial score (nSPS) is 10.2. The summed E-state index contributed by atoms with van der Waals surface area (Å²) in [6.45, 7) is 3.25. The van der Waals surface area contributed by atoms with Crippen LogP contribution in [0.15, 0.2) is 40.9 Å². The zero-order valence-corrected chi connectivity index (χ0v) is 13.0. The topological polar surface area (TPSA) is 69.4 Å². The highest BCUT2D eigenvalue weighted by Gasteiger charge is 2.18. The molecule has 0 radical (unpaired) electrons. The van der Waals surface area contributed by atoms with Crippen LogP contribution in [0.1, 0.15) is 22.8 Å². The molecule has 0 saturated carbocycles. The van der Waals surface area contributed by atoms with Gasteiger partial charge >= 0.3 is 5.69 Å². The molecule has 0 heterocycles. The zero-order chi connectivity index (χ0) is 15.6. The van der Waals surface area contributed by atoms with Gasteiger partial charge in [-0.2, -0.15) is 0 Å². The summed E-state index contributed by atoms with van der Waals surface area (Å²) < 4.78 is 6.49. The fourth-order valence-corrected chi connectivity index (χ4v) is 2.02. The van der Waals surface area contributed by atoms with E-state index in [1.807, 2.05) is 6.92 Å². The van der Waals surface area contributed by atoms with E-state index in [0.717, 1.165) is 10.0 Å². The molecule has 6 heteroatoms. The second-order valence-electron chi connectivity index (χ2n) is 4.51. The van der Waals surface area contributed by atoms with Crippen LogP contribution in [0, 0.1) is 17.0 Å². The van der Waals surface area contributed by atoms with Gasteiger partial charge in [0.25, 0.3) is 0 Å². The number of hydrogen-bond acceptors (Lipinski definition) is 4. The summed E-state index contributed by atoms with van der Waals surface area (Å²) in [5.41, 5.74) is 1.000. The summed E-state index contributed by atoms with van der Waals surface area (Å²) in [6.07, 6.45) is 0. The van der Waals surface area contributed by atoms with Crippen LogP contribution in [0.25, 0.3) is 0 Å². The lowest BCUT2D eigenvalue weighted by atomic mass is 10.1. The molecule has 21 heavy (non-hydrogen) atoms. The van der Waals surface area contributed by atoms with E-state index in [4.69, 9.17) is 4.74 Å². The maximum atomic E-state index is 11.3. The second-order valence-corrected chi connectivity index (χ2v) is 5.36. The molecule has 0 bridgehead atoms. The van der Waals surface area contributed by atoms with Crippen molar-refractivity contribution in [3.63, 3.8) is 0 Å². The van der Waals surface area contributed by atoms with Gasteiger partial charge in [-0.25, -0.2) is 0 Å². The molecule has 0 saturated heterocycles. The number of benzene rings is 2. The molecule has 108 valence electrons. The van der Waals surface area contributed by atoms with Crippen LogP contribution in [0.3, 0.4) is 0 Å². The summed E-state index contributed by atoms with van der Waals surface area (Å²) in [7, 11) is 0. The van der Waals surface area contributed by atoms with Crippen LogP contribution in [0.5, 0.6) is 11.5 Å². The van der Waals surface area contributed by atoms with Crippen molar-refractivity contribution >= 4 is 27.4 Å². The molecule has 0 aliphatic rings. The molecule has 2 aromatic rings. The number of ether oxygens (including phenoxy) is 1. The van der Waals surface area contributed by atoms with E-state index in [9.17, 15) is 14.9 Å². The first-order valence-corrected chi connectivity index (χ1v) is 6.91. The third-order valence-electron chi connectivity index (χ3n) is 2.92. The average molecular weight is 350 g/mol. The first kappa shape index (κ1) is 15.2. The number of rotatable bonds is 4. The molecule has 0 unspecified atom stereocenters. The summed E-state index contributed by atoms with van der Waals surface area (Å²) in [5, 5.41) is 11.1. The van der Waals surface area contributed by atoms with Crippen LogP contribution in [-0.2, 0) is 0 Å². The quantitative estimate of drug-likeness (QED) is 0.457. The Balaban J connectivity index is 2.41. The van der Waals surface area contributed by atoms with Crippen molar-refractivity contribution in [2.45, 2.75) is 13.8 Å².